The number of rotatable bonds is 6. The zero-order valence-electron chi connectivity index (χ0n) is 16.7. The van der Waals surface area contributed by atoms with E-state index in [9.17, 15) is 9.59 Å². The minimum absolute atomic E-state index is 0.0212. The van der Waals surface area contributed by atoms with Crippen molar-refractivity contribution in [2.75, 3.05) is 19.6 Å². The highest BCUT2D eigenvalue weighted by Crippen LogP contribution is 2.33. The molecule has 1 aromatic heterocycles. The highest BCUT2D eigenvalue weighted by molar-refractivity contribution is 7.10. The lowest BCUT2D eigenvalue weighted by molar-refractivity contribution is -0.130. The maximum absolute atomic E-state index is 12.9. The molecule has 2 aliphatic rings. The summed E-state index contributed by atoms with van der Waals surface area (Å²) in [7, 11) is 0. The van der Waals surface area contributed by atoms with Gasteiger partial charge in [0.1, 0.15) is 0 Å². The topological polar surface area (TPSA) is 52.7 Å². The molecule has 4 rings (SSSR count). The number of hydrogen-bond donors (Lipinski definition) is 1. The molecule has 0 bridgehead atoms. The number of fused-ring (bicyclic) bond motifs is 1. The number of nitrogens with one attached hydrogen (secondary N) is 1. The second-order valence-corrected chi connectivity index (χ2v) is 8.65. The van der Waals surface area contributed by atoms with Crippen molar-refractivity contribution in [3.05, 3.63) is 64.0 Å². The van der Waals surface area contributed by atoms with Gasteiger partial charge in [0.2, 0.25) is 11.8 Å². The summed E-state index contributed by atoms with van der Waals surface area (Å²) in [6.07, 6.45) is 6.42. The van der Waals surface area contributed by atoms with Crippen molar-refractivity contribution < 1.29 is 9.59 Å². The SMILES string of the molecule is CC(=O)N1C=Cc2ccccc2[C@@H]1CC(=O)NC[C@@H](c1cccs1)N1CCCC1. The minimum atomic E-state index is -0.263. The van der Waals surface area contributed by atoms with Crippen LogP contribution in [0.15, 0.2) is 48.0 Å². The van der Waals surface area contributed by atoms with Crippen molar-refractivity contribution in [1.82, 2.24) is 15.1 Å². The van der Waals surface area contributed by atoms with Crippen LogP contribution in [0.3, 0.4) is 0 Å². The Morgan fingerprint density at radius 2 is 1.97 bits per heavy atom. The fourth-order valence-electron chi connectivity index (χ4n) is 4.32. The van der Waals surface area contributed by atoms with Gasteiger partial charge in [-0.1, -0.05) is 30.3 Å². The first kappa shape index (κ1) is 19.9. The predicted octanol–water partition coefficient (Wildman–Crippen LogP) is 3.97. The molecule has 1 saturated heterocycles. The molecule has 0 unspecified atom stereocenters. The van der Waals surface area contributed by atoms with Gasteiger partial charge >= 0.3 is 0 Å². The Hall–Kier alpha value is -2.44. The van der Waals surface area contributed by atoms with Gasteiger partial charge < -0.3 is 10.2 Å². The molecule has 2 atom stereocenters. The number of carbonyl (C=O) groups excluding carboxylic acids is 2. The van der Waals surface area contributed by atoms with Crippen molar-refractivity contribution in [1.29, 1.82) is 0 Å². The fraction of sp³-hybridized carbons (Fsp3) is 0.391. The second-order valence-electron chi connectivity index (χ2n) is 7.67. The van der Waals surface area contributed by atoms with Crippen molar-refractivity contribution in [2.24, 2.45) is 0 Å². The zero-order chi connectivity index (χ0) is 20.2. The Bertz CT molecular complexity index is 887. The van der Waals surface area contributed by atoms with Gasteiger partial charge in [0.05, 0.1) is 18.5 Å². The minimum Gasteiger partial charge on any atom is -0.354 e. The summed E-state index contributed by atoms with van der Waals surface area (Å²) in [5.41, 5.74) is 2.09. The van der Waals surface area contributed by atoms with E-state index in [1.165, 1.54) is 17.7 Å². The van der Waals surface area contributed by atoms with Crippen molar-refractivity contribution in [2.45, 2.75) is 38.3 Å². The average Bonchev–Trinajstić information content (AvgIpc) is 3.43. The van der Waals surface area contributed by atoms with Gasteiger partial charge in [-0.25, -0.2) is 0 Å². The van der Waals surface area contributed by atoms with E-state index in [0.29, 0.717) is 6.54 Å². The zero-order valence-corrected chi connectivity index (χ0v) is 17.5. The van der Waals surface area contributed by atoms with Crippen LogP contribution in [-0.2, 0) is 9.59 Å². The maximum atomic E-state index is 12.9. The van der Waals surface area contributed by atoms with E-state index < -0.39 is 0 Å². The van der Waals surface area contributed by atoms with Gasteiger partial charge in [-0.05, 0) is 54.6 Å². The first-order valence-corrected chi connectivity index (χ1v) is 11.1. The summed E-state index contributed by atoms with van der Waals surface area (Å²) in [5.74, 6) is -0.0748. The van der Waals surface area contributed by atoms with Crippen LogP contribution >= 0.6 is 11.3 Å². The number of thiophene rings is 1. The summed E-state index contributed by atoms with van der Waals surface area (Å²) in [4.78, 5) is 30.4. The van der Waals surface area contributed by atoms with Gasteiger partial charge in [-0.15, -0.1) is 11.3 Å². The molecule has 5 nitrogen and oxygen atoms in total. The number of hydrogen-bond acceptors (Lipinski definition) is 4. The van der Waals surface area contributed by atoms with Crippen LogP contribution in [0.2, 0.25) is 0 Å². The average molecular weight is 410 g/mol. The first-order chi connectivity index (χ1) is 14.1. The van der Waals surface area contributed by atoms with Crippen molar-refractivity contribution >= 4 is 29.2 Å². The molecular formula is C23H27N3O2S. The largest absolute Gasteiger partial charge is 0.354 e. The van der Waals surface area contributed by atoms with Crippen LogP contribution in [0.1, 0.15) is 54.3 Å². The number of benzene rings is 1. The molecule has 1 N–H and O–H groups in total. The molecule has 1 aromatic carbocycles. The van der Waals surface area contributed by atoms with E-state index >= 15 is 0 Å². The van der Waals surface area contributed by atoms with Gasteiger partial charge in [-0.2, -0.15) is 0 Å². The molecule has 3 heterocycles. The summed E-state index contributed by atoms with van der Waals surface area (Å²) in [6.45, 7) is 4.31. The quantitative estimate of drug-likeness (QED) is 0.786. The lowest BCUT2D eigenvalue weighted by atomic mass is 9.93. The molecule has 29 heavy (non-hydrogen) atoms. The Morgan fingerprint density at radius 3 is 2.69 bits per heavy atom. The summed E-state index contributed by atoms with van der Waals surface area (Å²) < 4.78 is 0. The normalized spacial score (nSPS) is 19.8. The number of amides is 2. The highest BCUT2D eigenvalue weighted by atomic mass is 32.1. The predicted molar refractivity (Wildman–Crippen MR) is 116 cm³/mol. The van der Waals surface area contributed by atoms with E-state index in [1.54, 1.807) is 29.4 Å². The van der Waals surface area contributed by atoms with E-state index in [1.807, 2.05) is 30.3 Å². The molecule has 0 saturated carbocycles. The van der Waals surface area contributed by atoms with Crippen LogP contribution in [0.25, 0.3) is 6.08 Å². The Kier molecular flexibility index (Phi) is 6.11. The van der Waals surface area contributed by atoms with Gasteiger partial charge in [-0.3, -0.25) is 14.5 Å². The number of likely N-dealkylation sites (tertiary alicyclic amines) is 1. The molecule has 0 spiro atoms. The Morgan fingerprint density at radius 1 is 1.17 bits per heavy atom. The lowest BCUT2D eigenvalue weighted by Gasteiger charge is -2.32. The van der Waals surface area contributed by atoms with E-state index in [0.717, 1.165) is 24.2 Å². The van der Waals surface area contributed by atoms with Gasteiger partial charge in [0.25, 0.3) is 0 Å². The van der Waals surface area contributed by atoms with E-state index in [2.05, 4.69) is 27.7 Å². The summed E-state index contributed by atoms with van der Waals surface area (Å²) in [5, 5.41) is 5.24. The molecule has 2 aliphatic heterocycles. The monoisotopic (exact) mass is 409 g/mol. The lowest BCUT2D eigenvalue weighted by Crippen LogP contribution is -2.39. The van der Waals surface area contributed by atoms with E-state index in [4.69, 9.17) is 0 Å². The summed E-state index contributed by atoms with van der Waals surface area (Å²) >= 11 is 1.75. The fourth-order valence-corrected chi connectivity index (χ4v) is 5.18. The third-order valence-corrected chi connectivity index (χ3v) is 6.77. The van der Waals surface area contributed by atoms with Gasteiger partial charge in [0.15, 0.2) is 0 Å². The molecule has 2 amide bonds. The van der Waals surface area contributed by atoms with E-state index in [-0.39, 0.29) is 30.3 Å². The van der Waals surface area contributed by atoms with Crippen LogP contribution in [0.4, 0.5) is 0 Å². The second kappa shape index (κ2) is 8.93. The maximum Gasteiger partial charge on any atom is 0.223 e. The first-order valence-electron chi connectivity index (χ1n) is 10.2. The molecule has 6 heteroatoms. The number of carbonyl (C=O) groups is 2. The van der Waals surface area contributed by atoms with Crippen LogP contribution in [-0.4, -0.2) is 41.2 Å². The van der Waals surface area contributed by atoms with Crippen molar-refractivity contribution in [3.63, 3.8) is 0 Å². The van der Waals surface area contributed by atoms with Crippen LogP contribution < -0.4 is 5.32 Å². The molecule has 1 fully saturated rings. The van der Waals surface area contributed by atoms with Crippen LogP contribution in [0.5, 0.6) is 0 Å². The van der Waals surface area contributed by atoms with Gasteiger partial charge in [0, 0.05) is 24.5 Å². The highest BCUT2D eigenvalue weighted by Gasteiger charge is 2.29. The summed E-state index contributed by atoms with van der Waals surface area (Å²) in [6, 6.07) is 12.2. The standard InChI is InChI=1S/C23H27N3O2S/c1-17(27)26-13-10-18-7-2-3-8-19(18)20(26)15-23(28)24-16-21(22-9-6-14-29-22)25-11-4-5-12-25/h2-3,6-10,13-14,20-21H,4-5,11-12,15-16H2,1H3,(H,24,28)/t20-,21-/m0/s1. The van der Waals surface area contributed by atoms with Crippen LogP contribution in [0, 0.1) is 0 Å². The Balaban J connectivity index is 1.45. The smallest absolute Gasteiger partial charge is 0.223 e. The molecule has 2 aromatic rings. The molecule has 0 radical (unpaired) electrons. The third kappa shape index (κ3) is 4.43. The third-order valence-electron chi connectivity index (χ3n) is 5.79. The Labute approximate surface area is 176 Å². The molecule has 0 aliphatic carbocycles. The molecule has 152 valence electrons. The number of nitrogens with zero attached hydrogens (tertiary/aromatic N) is 2. The molecular weight excluding hydrogens is 382 g/mol. The van der Waals surface area contributed by atoms with Crippen molar-refractivity contribution in [3.8, 4) is 0 Å².